The van der Waals surface area contributed by atoms with E-state index in [2.05, 4.69) is 9.97 Å². The number of aromatic nitrogens is 3. The van der Waals surface area contributed by atoms with Gasteiger partial charge in [0.15, 0.2) is 5.82 Å². The third-order valence-corrected chi connectivity index (χ3v) is 3.45. The quantitative estimate of drug-likeness (QED) is 0.804. The normalized spacial score (nSPS) is 12.3. The predicted molar refractivity (Wildman–Crippen MR) is 81.9 cm³/mol. The Kier molecular flexibility index (Phi) is 3.99. The molecule has 3 aromatic rings. The summed E-state index contributed by atoms with van der Waals surface area (Å²) in [6.07, 6.45) is 4.61. The first-order valence-corrected chi connectivity index (χ1v) is 6.98. The number of hydrogen-bond acceptors (Lipinski definition) is 3. The van der Waals surface area contributed by atoms with Gasteiger partial charge in [-0.1, -0.05) is 29.8 Å². The van der Waals surface area contributed by atoms with Crippen molar-refractivity contribution in [1.29, 1.82) is 0 Å². The number of imidazole rings is 1. The molecule has 0 aliphatic heterocycles. The summed E-state index contributed by atoms with van der Waals surface area (Å²) < 4.78 is 1.88. The van der Waals surface area contributed by atoms with E-state index in [4.69, 9.17) is 11.6 Å². The van der Waals surface area contributed by atoms with Gasteiger partial charge in [-0.25, -0.2) is 4.98 Å². The molecular formula is C16H14ClN3O. The maximum Gasteiger partial charge on any atom is 0.158 e. The van der Waals surface area contributed by atoms with Crippen LogP contribution in [-0.2, 0) is 6.54 Å². The Bertz CT molecular complexity index is 727. The van der Waals surface area contributed by atoms with Crippen LogP contribution in [0.4, 0.5) is 0 Å². The van der Waals surface area contributed by atoms with Gasteiger partial charge in [0.2, 0.25) is 0 Å². The Morgan fingerprint density at radius 2 is 2.00 bits per heavy atom. The summed E-state index contributed by atoms with van der Waals surface area (Å²) in [6, 6.07) is 12.9. The standard InChI is InChI=1S/C16H14ClN3O/c17-13-5-3-4-12(10-13)15(21)11-20-9-8-19-16(20)14-6-1-2-7-18-14/h1-10,15,21H,11H2/t15-/m0/s1. The number of halogens is 1. The minimum Gasteiger partial charge on any atom is -0.387 e. The van der Waals surface area contributed by atoms with E-state index < -0.39 is 6.10 Å². The van der Waals surface area contributed by atoms with Gasteiger partial charge >= 0.3 is 0 Å². The van der Waals surface area contributed by atoms with Crippen LogP contribution >= 0.6 is 11.6 Å². The molecule has 0 saturated carbocycles. The van der Waals surface area contributed by atoms with Gasteiger partial charge in [0, 0.05) is 23.6 Å². The van der Waals surface area contributed by atoms with Crippen LogP contribution in [0.5, 0.6) is 0 Å². The van der Waals surface area contributed by atoms with Gasteiger partial charge in [0.1, 0.15) is 5.69 Å². The summed E-state index contributed by atoms with van der Waals surface area (Å²) in [7, 11) is 0. The zero-order valence-electron chi connectivity index (χ0n) is 11.2. The molecule has 0 spiro atoms. The smallest absolute Gasteiger partial charge is 0.158 e. The lowest BCUT2D eigenvalue weighted by atomic mass is 10.1. The molecule has 0 bridgehead atoms. The molecule has 4 nitrogen and oxygen atoms in total. The first-order valence-electron chi connectivity index (χ1n) is 6.60. The lowest BCUT2D eigenvalue weighted by Gasteiger charge is -2.14. The van der Waals surface area contributed by atoms with Crippen LogP contribution in [0.2, 0.25) is 5.02 Å². The molecule has 0 fully saturated rings. The van der Waals surface area contributed by atoms with Crippen molar-refractivity contribution >= 4 is 11.6 Å². The van der Waals surface area contributed by atoms with E-state index in [-0.39, 0.29) is 0 Å². The predicted octanol–water partition coefficient (Wildman–Crippen LogP) is 3.33. The molecule has 3 rings (SSSR count). The fraction of sp³-hybridized carbons (Fsp3) is 0.125. The highest BCUT2D eigenvalue weighted by molar-refractivity contribution is 6.30. The van der Waals surface area contributed by atoms with Crippen LogP contribution in [0.25, 0.3) is 11.5 Å². The fourth-order valence-electron chi connectivity index (χ4n) is 2.19. The molecule has 1 atom stereocenters. The number of nitrogens with zero attached hydrogens (tertiary/aromatic N) is 3. The van der Waals surface area contributed by atoms with Crippen LogP contribution in [0.15, 0.2) is 61.1 Å². The Hall–Kier alpha value is -2.17. The molecule has 0 amide bonds. The second-order valence-electron chi connectivity index (χ2n) is 4.69. The number of pyridine rings is 1. The number of benzene rings is 1. The van der Waals surface area contributed by atoms with E-state index in [1.54, 1.807) is 24.5 Å². The van der Waals surface area contributed by atoms with Crippen LogP contribution < -0.4 is 0 Å². The molecule has 0 saturated heterocycles. The van der Waals surface area contributed by atoms with Crippen LogP contribution in [0.3, 0.4) is 0 Å². The molecule has 0 aliphatic rings. The number of rotatable bonds is 4. The summed E-state index contributed by atoms with van der Waals surface area (Å²) in [6.45, 7) is 0.395. The lowest BCUT2D eigenvalue weighted by molar-refractivity contribution is 0.157. The molecule has 0 radical (unpaired) electrons. The summed E-state index contributed by atoms with van der Waals surface area (Å²) in [5, 5.41) is 11.0. The SMILES string of the molecule is O[C@@H](Cn1ccnc1-c1ccccn1)c1cccc(Cl)c1. The maximum absolute atomic E-state index is 10.4. The van der Waals surface area contributed by atoms with Gasteiger partial charge in [-0.2, -0.15) is 0 Å². The highest BCUT2D eigenvalue weighted by Gasteiger charge is 2.13. The lowest BCUT2D eigenvalue weighted by Crippen LogP contribution is -2.09. The van der Waals surface area contributed by atoms with Gasteiger partial charge in [0.25, 0.3) is 0 Å². The van der Waals surface area contributed by atoms with Crippen molar-refractivity contribution in [2.75, 3.05) is 0 Å². The Morgan fingerprint density at radius 3 is 2.76 bits per heavy atom. The third kappa shape index (κ3) is 3.12. The van der Waals surface area contributed by atoms with E-state index >= 15 is 0 Å². The van der Waals surface area contributed by atoms with Crippen molar-refractivity contribution in [3.63, 3.8) is 0 Å². The second kappa shape index (κ2) is 6.08. The molecule has 21 heavy (non-hydrogen) atoms. The van der Waals surface area contributed by atoms with E-state index in [0.29, 0.717) is 11.6 Å². The average Bonchev–Trinajstić information content (AvgIpc) is 2.96. The van der Waals surface area contributed by atoms with E-state index in [1.165, 1.54) is 0 Å². The number of aliphatic hydroxyl groups is 1. The number of hydrogen-bond donors (Lipinski definition) is 1. The van der Waals surface area contributed by atoms with Crippen molar-refractivity contribution in [1.82, 2.24) is 14.5 Å². The minimum absolute atomic E-state index is 0.395. The maximum atomic E-state index is 10.4. The van der Waals surface area contributed by atoms with Crippen LogP contribution in [-0.4, -0.2) is 19.6 Å². The van der Waals surface area contributed by atoms with E-state index in [0.717, 1.165) is 17.1 Å². The zero-order valence-corrected chi connectivity index (χ0v) is 12.0. The highest BCUT2D eigenvalue weighted by atomic mass is 35.5. The number of aliphatic hydroxyl groups excluding tert-OH is 1. The summed E-state index contributed by atoms with van der Waals surface area (Å²) >= 11 is 5.96. The van der Waals surface area contributed by atoms with Crippen molar-refractivity contribution in [3.8, 4) is 11.5 Å². The van der Waals surface area contributed by atoms with E-state index in [1.807, 2.05) is 41.1 Å². The minimum atomic E-state index is -0.652. The van der Waals surface area contributed by atoms with Gasteiger partial charge in [-0.3, -0.25) is 4.98 Å². The molecule has 0 unspecified atom stereocenters. The Labute approximate surface area is 127 Å². The second-order valence-corrected chi connectivity index (χ2v) is 5.13. The largest absolute Gasteiger partial charge is 0.387 e. The molecule has 5 heteroatoms. The van der Waals surface area contributed by atoms with E-state index in [9.17, 15) is 5.11 Å². The van der Waals surface area contributed by atoms with Crippen molar-refractivity contribution < 1.29 is 5.11 Å². The van der Waals surface area contributed by atoms with Crippen LogP contribution in [0.1, 0.15) is 11.7 Å². The summed E-state index contributed by atoms with van der Waals surface area (Å²) in [5.74, 6) is 0.733. The molecule has 1 N–H and O–H groups in total. The Morgan fingerprint density at radius 1 is 1.10 bits per heavy atom. The van der Waals surface area contributed by atoms with Crippen molar-refractivity contribution in [2.24, 2.45) is 0 Å². The molecule has 2 aromatic heterocycles. The Balaban J connectivity index is 1.85. The van der Waals surface area contributed by atoms with Crippen molar-refractivity contribution in [3.05, 3.63) is 71.6 Å². The highest BCUT2D eigenvalue weighted by Crippen LogP contribution is 2.22. The fourth-order valence-corrected chi connectivity index (χ4v) is 2.39. The average molecular weight is 300 g/mol. The van der Waals surface area contributed by atoms with Crippen molar-refractivity contribution in [2.45, 2.75) is 12.6 Å². The van der Waals surface area contributed by atoms with Gasteiger partial charge in [-0.05, 0) is 29.8 Å². The summed E-state index contributed by atoms with van der Waals surface area (Å²) in [4.78, 5) is 8.60. The molecule has 106 valence electrons. The molecule has 2 heterocycles. The van der Waals surface area contributed by atoms with Gasteiger partial charge in [-0.15, -0.1) is 0 Å². The monoisotopic (exact) mass is 299 g/mol. The van der Waals surface area contributed by atoms with Crippen LogP contribution in [0, 0.1) is 0 Å². The molecule has 1 aromatic carbocycles. The first-order chi connectivity index (χ1) is 10.2. The van der Waals surface area contributed by atoms with Gasteiger partial charge < -0.3 is 9.67 Å². The third-order valence-electron chi connectivity index (χ3n) is 3.21. The molecule has 0 aliphatic carbocycles. The topological polar surface area (TPSA) is 50.9 Å². The summed E-state index contributed by atoms with van der Waals surface area (Å²) in [5.41, 5.74) is 1.56. The zero-order chi connectivity index (χ0) is 14.7. The van der Waals surface area contributed by atoms with Gasteiger partial charge in [0.05, 0.1) is 12.6 Å². The molecular weight excluding hydrogens is 286 g/mol. The first kappa shape index (κ1) is 13.8.